The minimum absolute atomic E-state index is 0.0690. The van der Waals surface area contributed by atoms with Gasteiger partial charge in [0.05, 0.1) is 23.1 Å². The largest absolute Gasteiger partial charge is 0.358 e. The highest BCUT2D eigenvalue weighted by Crippen LogP contribution is 2.34. The Labute approximate surface area is 153 Å². The summed E-state index contributed by atoms with van der Waals surface area (Å²) in [6, 6.07) is 5.62. The molecular formula is C18H18N6OS. The lowest BCUT2D eigenvalue weighted by Crippen LogP contribution is -2.28. The fourth-order valence-corrected chi connectivity index (χ4v) is 4.61. The highest BCUT2D eigenvalue weighted by atomic mass is 32.1. The molecule has 0 aliphatic carbocycles. The number of aromatic nitrogens is 4. The third kappa shape index (κ3) is 2.29. The van der Waals surface area contributed by atoms with Crippen molar-refractivity contribution in [3.8, 4) is 0 Å². The van der Waals surface area contributed by atoms with Gasteiger partial charge in [0.15, 0.2) is 0 Å². The average molecular weight is 366 g/mol. The van der Waals surface area contributed by atoms with Crippen molar-refractivity contribution in [1.29, 1.82) is 0 Å². The van der Waals surface area contributed by atoms with Crippen LogP contribution in [0.3, 0.4) is 0 Å². The predicted molar refractivity (Wildman–Crippen MR) is 102 cm³/mol. The molecule has 1 saturated heterocycles. The number of imidazole rings is 2. The molecule has 4 aromatic rings. The van der Waals surface area contributed by atoms with Crippen molar-refractivity contribution >= 4 is 39.1 Å². The molecule has 0 radical (unpaired) electrons. The van der Waals surface area contributed by atoms with Crippen LogP contribution in [0.1, 0.15) is 28.4 Å². The number of H-pyrrole nitrogens is 1. The van der Waals surface area contributed by atoms with Gasteiger partial charge < -0.3 is 15.2 Å². The van der Waals surface area contributed by atoms with Gasteiger partial charge in [-0.05, 0) is 24.6 Å². The summed E-state index contributed by atoms with van der Waals surface area (Å²) in [4.78, 5) is 28.0. The molecule has 8 heteroatoms. The molecule has 1 atom stereocenters. The average Bonchev–Trinajstić information content (AvgIpc) is 3.43. The molecule has 5 rings (SSSR count). The van der Waals surface area contributed by atoms with Crippen molar-refractivity contribution in [2.45, 2.75) is 12.3 Å². The second-order valence-electron chi connectivity index (χ2n) is 6.52. The van der Waals surface area contributed by atoms with Crippen molar-refractivity contribution in [2.24, 2.45) is 0 Å². The van der Waals surface area contributed by atoms with Gasteiger partial charge in [0.25, 0.3) is 5.91 Å². The van der Waals surface area contributed by atoms with E-state index in [0.29, 0.717) is 12.1 Å². The van der Waals surface area contributed by atoms with Gasteiger partial charge >= 0.3 is 0 Å². The Morgan fingerprint density at radius 3 is 3.23 bits per heavy atom. The van der Waals surface area contributed by atoms with Gasteiger partial charge in [0.2, 0.25) is 5.95 Å². The zero-order chi connectivity index (χ0) is 17.7. The molecule has 0 saturated carbocycles. The number of carbonyl (C=O) groups is 1. The smallest absolute Gasteiger partial charge is 0.253 e. The molecule has 0 spiro atoms. The molecular weight excluding hydrogens is 348 g/mol. The molecule has 3 aromatic heterocycles. The van der Waals surface area contributed by atoms with E-state index in [4.69, 9.17) is 4.98 Å². The maximum atomic E-state index is 12.9. The van der Waals surface area contributed by atoms with Crippen molar-refractivity contribution in [2.75, 3.05) is 25.5 Å². The summed E-state index contributed by atoms with van der Waals surface area (Å²) in [6.45, 7) is 1.46. The van der Waals surface area contributed by atoms with Crippen LogP contribution in [0.2, 0.25) is 0 Å². The third-order valence-electron chi connectivity index (χ3n) is 5.04. The van der Waals surface area contributed by atoms with Crippen LogP contribution < -0.4 is 5.32 Å². The topological polar surface area (TPSA) is 78.3 Å². The number of aromatic amines is 1. The maximum Gasteiger partial charge on any atom is 0.253 e. The zero-order valence-electron chi connectivity index (χ0n) is 14.3. The van der Waals surface area contributed by atoms with E-state index in [9.17, 15) is 4.79 Å². The van der Waals surface area contributed by atoms with Crippen molar-refractivity contribution in [3.05, 3.63) is 47.4 Å². The number of nitrogens with zero attached hydrogens (tertiary/aromatic N) is 4. The minimum Gasteiger partial charge on any atom is -0.358 e. The number of benzene rings is 1. The second-order valence-corrected chi connectivity index (χ2v) is 7.41. The summed E-state index contributed by atoms with van der Waals surface area (Å²) in [5, 5.41) is 5.21. The quantitative estimate of drug-likeness (QED) is 0.584. The minimum atomic E-state index is 0.0690. The molecule has 26 heavy (non-hydrogen) atoms. The Morgan fingerprint density at radius 1 is 1.42 bits per heavy atom. The van der Waals surface area contributed by atoms with E-state index in [2.05, 4.69) is 25.1 Å². The van der Waals surface area contributed by atoms with Gasteiger partial charge in [-0.15, -0.1) is 11.3 Å². The first-order chi connectivity index (χ1) is 12.7. The van der Waals surface area contributed by atoms with Crippen LogP contribution in [0.5, 0.6) is 0 Å². The lowest BCUT2D eigenvalue weighted by Gasteiger charge is -2.16. The Balaban J connectivity index is 1.41. The molecule has 1 unspecified atom stereocenters. The number of fused-ring (bicyclic) bond motifs is 2. The molecule has 1 amide bonds. The number of hydrogen-bond donors (Lipinski definition) is 2. The van der Waals surface area contributed by atoms with Crippen molar-refractivity contribution in [3.63, 3.8) is 0 Å². The van der Waals surface area contributed by atoms with E-state index in [0.717, 1.165) is 40.5 Å². The van der Waals surface area contributed by atoms with Crippen LogP contribution in [-0.4, -0.2) is 50.3 Å². The van der Waals surface area contributed by atoms with E-state index in [1.807, 2.05) is 36.3 Å². The normalized spacial score (nSPS) is 17.4. The number of thiazole rings is 1. The summed E-state index contributed by atoms with van der Waals surface area (Å²) in [7, 11) is 1.88. The number of carbonyl (C=O) groups excluding carboxylic acids is 1. The second kappa shape index (κ2) is 5.84. The SMILES string of the molecule is CNc1nc(C2CCN(C(=O)c3ccc4nc[nH]c4c3)C2)c2sccn12. The summed E-state index contributed by atoms with van der Waals surface area (Å²) in [5.41, 5.74) is 3.55. The van der Waals surface area contributed by atoms with Gasteiger partial charge in [0, 0.05) is 43.2 Å². The first kappa shape index (κ1) is 15.4. The van der Waals surface area contributed by atoms with Crippen LogP contribution in [0.25, 0.3) is 15.9 Å². The van der Waals surface area contributed by atoms with Crippen molar-refractivity contribution < 1.29 is 4.79 Å². The summed E-state index contributed by atoms with van der Waals surface area (Å²) >= 11 is 1.69. The lowest BCUT2D eigenvalue weighted by molar-refractivity contribution is 0.0791. The summed E-state index contributed by atoms with van der Waals surface area (Å²) in [5.74, 6) is 1.19. The van der Waals surface area contributed by atoms with Crippen LogP contribution in [0, 0.1) is 0 Å². The molecule has 1 aliphatic rings. The molecule has 2 N–H and O–H groups in total. The van der Waals surface area contributed by atoms with Gasteiger partial charge in [-0.3, -0.25) is 9.20 Å². The Hall–Kier alpha value is -2.87. The molecule has 7 nitrogen and oxygen atoms in total. The van der Waals surface area contributed by atoms with Gasteiger partial charge in [0.1, 0.15) is 4.83 Å². The first-order valence-corrected chi connectivity index (χ1v) is 9.48. The summed E-state index contributed by atoms with van der Waals surface area (Å²) in [6.07, 6.45) is 4.61. The number of amides is 1. The Bertz CT molecular complexity index is 1110. The van der Waals surface area contributed by atoms with Crippen LogP contribution >= 0.6 is 11.3 Å². The summed E-state index contributed by atoms with van der Waals surface area (Å²) < 4.78 is 2.08. The number of rotatable bonds is 3. The van der Waals surface area contributed by atoms with E-state index in [1.54, 1.807) is 17.7 Å². The van der Waals surface area contributed by atoms with Crippen LogP contribution in [0.4, 0.5) is 5.95 Å². The van der Waals surface area contributed by atoms with Crippen LogP contribution in [-0.2, 0) is 0 Å². The van der Waals surface area contributed by atoms with Crippen LogP contribution in [0.15, 0.2) is 36.1 Å². The van der Waals surface area contributed by atoms with E-state index < -0.39 is 0 Å². The first-order valence-electron chi connectivity index (χ1n) is 8.60. The van der Waals surface area contributed by atoms with E-state index in [-0.39, 0.29) is 11.8 Å². The Morgan fingerprint density at radius 2 is 2.35 bits per heavy atom. The van der Waals surface area contributed by atoms with E-state index >= 15 is 0 Å². The number of nitrogens with one attached hydrogen (secondary N) is 2. The van der Waals surface area contributed by atoms with Gasteiger partial charge in [-0.2, -0.15) is 0 Å². The predicted octanol–water partition coefficient (Wildman–Crippen LogP) is 2.94. The monoisotopic (exact) mass is 366 g/mol. The highest BCUT2D eigenvalue weighted by molar-refractivity contribution is 7.15. The molecule has 4 heterocycles. The van der Waals surface area contributed by atoms with E-state index in [1.165, 1.54) is 0 Å². The lowest BCUT2D eigenvalue weighted by atomic mass is 10.1. The molecule has 1 fully saturated rings. The standard InChI is InChI=1S/C18H18N6OS/c1-19-18-22-15(17-24(18)6-7-26-17)12-4-5-23(9-12)16(25)11-2-3-13-14(8-11)21-10-20-13/h2-3,6-8,10,12H,4-5,9H2,1H3,(H,19,22)(H,20,21). The highest BCUT2D eigenvalue weighted by Gasteiger charge is 2.31. The third-order valence-corrected chi connectivity index (χ3v) is 5.92. The van der Waals surface area contributed by atoms with Gasteiger partial charge in [-0.25, -0.2) is 9.97 Å². The number of likely N-dealkylation sites (tertiary alicyclic amines) is 1. The fraction of sp³-hybridized carbons (Fsp3) is 0.278. The Kier molecular flexibility index (Phi) is 3.46. The maximum absolute atomic E-state index is 12.9. The fourth-order valence-electron chi connectivity index (χ4n) is 3.71. The molecule has 132 valence electrons. The zero-order valence-corrected chi connectivity index (χ0v) is 15.1. The number of hydrogen-bond acceptors (Lipinski definition) is 5. The number of anilines is 1. The molecule has 0 bridgehead atoms. The van der Waals surface area contributed by atoms with Gasteiger partial charge in [-0.1, -0.05) is 0 Å². The van der Waals surface area contributed by atoms with Crippen molar-refractivity contribution in [1.82, 2.24) is 24.3 Å². The molecule has 1 aliphatic heterocycles. The molecule has 1 aromatic carbocycles.